The topological polar surface area (TPSA) is 95.9 Å². The summed E-state index contributed by atoms with van der Waals surface area (Å²) in [5.41, 5.74) is 10.2. The molecule has 8 heteroatoms. The Kier molecular flexibility index (Phi) is 5.97. The van der Waals surface area contributed by atoms with Crippen molar-refractivity contribution in [1.82, 2.24) is 10.2 Å². The lowest BCUT2D eigenvalue weighted by Gasteiger charge is -2.42. The number of carbonyl (C=O) groups is 1. The van der Waals surface area contributed by atoms with E-state index in [9.17, 15) is 10.1 Å². The molecular formula is C24H25N5OS2. The van der Waals surface area contributed by atoms with Gasteiger partial charge in [-0.1, -0.05) is 67.3 Å². The van der Waals surface area contributed by atoms with Crippen molar-refractivity contribution < 1.29 is 4.79 Å². The Balaban J connectivity index is 1.94. The summed E-state index contributed by atoms with van der Waals surface area (Å²) in [5, 5.41) is 19.4. The Hall–Kier alpha value is -2.89. The third-order valence-corrected chi connectivity index (χ3v) is 7.83. The van der Waals surface area contributed by atoms with E-state index in [1.807, 2.05) is 37.3 Å². The number of rotatable bonds is 5. The SMILES string of the molecule is C=CCSc1nnc(N2C(N)=C(C#N)C(c3ccccc3C)C3=C2CC(C)(C)CC3=O)s1. The Morgan fingerprint density at radius 2 is 2.12 bits per heavy atom. The van der Waals surface area contributed by atoms with E-state index in [0.717, 1.165) is 26.9 Å². The lowest BCUT2D eigenvalue weighted by molar-refractivity contribution is -0.118. The highest BCUT2D eigenvalue weighted by Gasteiger charge is 2.45. The molecule has 0 bridgehead atoms. The average Bonchev–Trinajstić information content (AvgIpc) is 3.19. The quantitative estimate of drug-likeness (QED) is 0.489. The van der Waals surface area contributed by atoms with E-state index < -0.39 is 5.92 Å². The van der Waals surface area contributed by atoms with E-state index in [1.54, 1.807) is 4.90 Å². The molecule has 0 radical (unpaired) electrons. The second-order valence-electron chi connectivity index (χ2n) is 8.79. The molecule has 164 valence electrons. The van der Waals surface area contributed by atoms with Gasteiger partial charge in [-0.2, -0.15) is 5.26 Å². The Bertz CT molecular complexity index is 1200. The monoisotopic (exact) mass is 463 g/mol. The van der Waals surface area contributed by atoms with Crippen LogP contribution in [0.3, 0.4) is 0 Å². The van der Waals surface area contributed by atoms with E-state index in [1.165, 1.54) is 23.1 Å². The van der Waals surface area contributed by atoms with Crippen LogP contribution in [0, 0.1) is 23.7 Å². The van der Waals surface area contributed by atoms with Crippen molar-refractivity contribution in [3.05, 3.63) is 70.7 Å². The zero-order chi connectivity index (χ0) is 23.0. The van der Waals surface area contributed by atoms with Crippen LogP contribution in [0.25, 0.3) is 0 Å². The number of hydrogen-bond donors (Lipinski definition) is 1. The standard InChI is InChI=1S/C24H25N5OS2/c1-5-10-31-23-28-27-22(32-23)29-17-11-24(3,4)12-18(30)20(17)19(16(13-25)21(29)26)15-9-7-6-8-14(15)2/h5-9,19H,1,10-12,26H2,2-4H3. The molecule has 0 saturated carbocycles. The highest BCUT2D eigenvalue weighted by Crippen LogP contribution is 2.51. The van der Waals surface area contributed by atoms with Crippen LogP contribution in [0.15, 0.2) is 63.9 Å². The van der Waals surface area contributed by atoms with Gasteiger partial charge in [-0.3, -0.25) is 9.69 Å². The predicted octanol–water partition coefficient (Wildman–Crippen LogP) is 5.07. The van der Waals surface area contributed by atoms with Crippen LogP contribution in [-0.4, -0.2) is 21.7 Å². The van der Waals surface area contributed by atoms with Crippen molar-refractivity contribution >= 4 is 34.0 Å². The van der Waals surface area contributed by atoms with Crippen molar-refractivity contribution in [1.29, 1.82) is 5.26 Å². The molecule has 2 heterocycles. The molecule has 1 aliphatic carbocycles. The third kappa shape index (κ3) is 3.87. The van der Waals surface area contributed by atoms with E-state index in [2.05, 4.69) is 36.7 Å². The maximum atomic E-state index is 13.5. The first-order valence-electron chi connectivity index (χ1n) is 10.4. The summed E-state index contributed by atoms with van der Waals surface area (Å²) in [6.07, 6.45) is 2.90. The minimum atomic E-state index is -0.474. The maximum Gasteiger partial charge on any atom is 0.219 e. The predicted molar refractivity (Wildman–Crippen MR) is 129 cm³/mol. The summed E-state index contributed by atoms with van der Waals surface area (Å²) >= 11 is 2.94. The number of aryl methyl sites for hydroxylation is 1. The number of allylic oxidation sites excluding steroid dienone is 3. The zero-order valence-corrected chi connectivity index (χ0v) is 20.0. The van der Waals surface area contributed by atoms with Gasteiger partial charge in [-0.15, -0.1) is 16.8 Å². The van der Waals surface area contributed by atoms with Crippen molar-refractivity contribution in [2.45, 2.75) is 43.9 Å². The van der Waals surface area contributed by atoms with Crippen LogP contribution in [0.1, 0.15) is 43.7 Å². The molecule has 32 heavy (non-hydrogen) atoms. The highest BCUT2D eigenvalue weighted by molar-refractivity contribution is 8.01. The summed E-state index contributed by atoms with van der Waals surface area (Å²) in [5.74, 6) is 0.624. The molecule has 0 fully saturated rings. The number of nitrogens with two attached hydrogens (primary N) is 1. The average molecular weight is 464 g/mol. The molecule has 2 aromatic rings. The van der Waals surface area contributed by atoms with Gasteiger partial charge in [0.05, 0.1) is 17.6 Å². The molecule has 6 nitrogen and oxygen atoms in total. The largest absolute Gasteiger partial charge is 0.384 e. The molecule has 0 saturated heterocycles. The van der Waals surface area contributed by atoms with Gasteiger partial charge in [0.2, 0.25) is 5.13 Å². The molecule has 4 rings (SSSR count). The fraction of sp³-hybridized carbons (Fsp3) is 0.333. The smallest absolute Gasteiger partial charge is 0.219 e. The molecule has 1 aliphatic heterocycles. The first kappa shape index (κ1) is 22.3. The third-order valence-electron chi connectivity index (χ3n) is 5.79. The van der Waals surface area contributed by atoms with E-state index in [4.69, 9.17) is 5.73 Å². The van der Waals surface area contributed by atoms with Gasteiger partial charge in [0, 0.05) is 23.4 Å². The lowest BCUT2D eigenvalue weighted by atomic mass is 9.68. The van der Waals surface area contributed by atoms with E-state index in [-0.39, 0.29) is 11.2 Å². The number of ketones is 1. The Morgan fingerprint density at radius 3 is 2.81 bits per heavy atom. The van der Waals surface area contributed by atoms with Crippen LogP contribution in [0.5, 0.6) is 0 Å². The molecule has 1 atom stereocenters. The number of thioether (sulfide) groups is 1. The molecule has 0 amide bonds. The number of anilines is 1. The van der Waals surface area contributed by atoms with Crippen LogP contribution < -0.4 is 10.6 Å². The summed E-state index contributed by atoms with van der Waals surface area (Å²) in [7, 11) is 0. The number of hydrogen-bond acceptors (Lipinski definition) is 8. The molecule has 2 aliphatic rings. The lowest BCUT2D eigenvalue weighted by Crippen LogP contribution is -2.42. The highest BCUT2D eigenvalue weighted by atomic mass is 32.2. The first-order valence-corrected chi connectivity index (χ1v) is 12.2. The van der Waals surface area contributed by atoms with E-state index >= 15 is 0 Å². The summed E-state index contributed by atoms with van der Waals surface area (Å²) in [6, 6.07) is 10.2. The van der Waals surface area contributed by atoms with E-state index in [0.29, 0.717) is 34.9 Å². The van der Waals surface area contributed by atoms with Crippen molar-refractivity contribution in [3.8, 4) is 6.07 Å². The number of nitriles is 1. The summed E-state index contributed by atoms with van der Waals surface area (Å²) in [6.45, 7) is 9.91. The van der Waals surface area contributed by atoms with Crippen LogP contribution in [-0.2, 0) is 4.79 Å². The molecule has 1 aromatic carbocycles. The number of Topliss-reactive ketones (excluding diaryl/α,β-unsaturated/α-hetero) is 1. The molecule has 1 aromatic heterocycles. The van der Waals surface area contributed by atoms with Crippen molar-refractivity contribution in [2.24, 2.45) is 11.1 Å². The van der Waals surface area contributed by atoms with Gasteiger partial charge in [0.15, 0.2) is 10.1 Å². The van der Waals surface area contributed by atoms with Gasteiger partial charge in [-0.05, 0) is 29.9 Å². The van der Waals surface area contributed by atoms with Gasteiger partial charge in [0.25, 0.3) is 0 Å². The second-order valence-corrected chi connectivity index (χ2v) is 11.0. The van der Waals surface area contributed by atoms with Gasteiger partial charge in [-0.25, -0.2) is 0 Å². The normalized spacial score (nSPS) is 20.2. The van der Waals surface area contributed by atoms with Crippen LogP contribution in [0.4, 0.5) is 5.13 Å². The van der Waals surface area contributed by atoms with Gasteiger partial charge >= 0.3 is 0 Å². The fourth-order valence-electron chi connectivity index (χ4n) is 4.43. The first-order chi connectivity index (χ1) is 15.3. The Labute approximate surface area is 196 Å². The summed E-state index contributed by atoms with van der Waals surface area (Å²) in [4.78, 5) is 15.3. The number of benzene rings is 1. The van der Waals surface area contributed by atoms with Gasteiger partial charge < -0.3 is 5.73 Å². The maximum absolute atomic E-state index is 13.5. The Morgan fingerprint density at radius 1 is 1.38 bits per heavy atom. The summed E-state index contributed by atoms with van der Waals surface area (Å²) < 4.78 is 0.788. The van der Waals surface area contributed by atoms with Crippen LogP contribution >= 0.6 is 23.1 Å². The number of nitrogens with zero attached hydrogens (tertiary/aromatic N) is 4. The molecular weight excluding hydrogens is 438 g/mol. The molecule has 2 N–H and O–H groups in total. The molecule has 0 spiro atoms. The zero-order valence-electron chi connectivity index (χ0n) is 18.4. The second kappa shape index (κ2) is 8.57. The van der Waals surface area contributed by atoms with Gasteiger partial charge in [0.1, 0.15) is 5.82 Å². The fourth-order valence-corrected chi connectivity index (χ4v) is 6.07. The number of aromatic nitrogens is 2. The van der Waals surface area contributed by atoms with Crippen molar-refractivity contribution in [2.75, 3.05) is 10.7 Å². The van der Waals surface area contributed by atoms with Crippen molar-refractivity contribution in [3.63, 3.8) is 0 Å². The minimum Gasteiger partial charge on any atom is -0.384 e. The minimum absolute atomic E-state index is 0.0560. The molecule has 1 unspecified atom stereocenters. The number of carbonyl (C=O) groups excluding carboxylic acids is 1. The van der Waals surface area contributed by atoms with Crippen LogP contribution in [0.2, 0.25) is 0 Å².